The van der Waals surface area contributed by atoms with Crippen molar-refractivity contribution in [2.24, 2.45) is 0 Å². The molecule has 0 aliphatic carbocycles. The number of halogens is 1. The molecule has 6 heteroatoms. The molecule has 0 unspecified atom stereocenters. The van der Waals surface area contributed by atoms with E-state index >= 15 is 0 Å². The maximum absolute atomic E-state index is 13.3. The lowest BCUT2D eigenvalue weighted by Crippen LogP contribution is -2.26. The van der Waals surface area contributed by atoms with Crippen LogP contribution in [0.5, 0.6) is 5.75 Å². The topological polar surface area (TPSA) is 56.2 Å². The number of benzene rings is 2. The van der Waals surface area contributed by atoms with Gasteiger partial charge in [0.25, 0.3) is 5.91 Å². The van der Waals surface area contributed by atoms with Gasteiger partial charge in [-0.25, -0.2) is 9.07 Å². The van der Waals surface area contributed by atoms with Crippen molar-refractivity contribution in [1.82, 2.24) is 15.1 Å². The summed E-state index contributed by atoms with van der Waals surface area (Å²) >= 11 is 0. The van der Waals surface area contributed by atoms with Gasteiger partial charge in [0.15, 0.2) is 0 Å². The molecule has 0 aliphatic rings. The Balaban J connectivity index is 1.89. The van der Waals surface area contributed by atoms with Gasteiger partial charge >= 0.3 is 0 Å². The van der Waals surface area contributed by atoms with Crippen LogP contribution in [0, 0.1) is 5.82 Å². The Labute approximate surface area is 170 Å². The number of nitrogens with one attached hydrogen (secondary N) is 1. The van der Waals surface area contributed by atoms with E-state index in [-0.39, 0.29) is 11.7 Å². The molecule has 3 rings (SSSR count). The van der Waals surface area contributed by atoms with E-state index in [2.05, 4.69) is 17.3 Å². The molecule has 3 aromatic rings. The molecule has 1 amide bonds. The molecule has 0 atom stereocenters. The molecule has 1 N–H and O–H groups in total. The fraction of sp³-hybridized carbons (Fsp3) is 0.304. The number of hydrogen-bond acceptors (Lipinski definition) is 3. The van der Waals surface area contributed by atoms with Crippen LogP contribution in [-0.4, -0.2) is 29.3 Å². The van der Waals surface area contributed by atoms with Crippen LogP contribution in [-0.2, 0) is 0 Å². The highest BCUT2D eigenvalue weighted by Crippen LogP contribution is 2.23. The van der Waals surface area contributed by atoms with Gasteiger partial charge in [-0.3, -0.25) is 4.79 Å². The second-order valence-corrected chi connectivity index (χ2v) is 6.85. The van der Waals surface area contributed by atoms with Gasteiger partial charge in [0.2, 0.25) is 0 Å². The SMILES string of the molecule is CCCCCCNC(=O)c1cc(-c2ccc(F)cc2)nn1-c1ccc(OC)cc1. The van der Waals surface area contributed by atoms with Crippen LogP contribution in [0.3, 0.4) is 0 Å². The first-order valence-corrected chi connectivity index (χ1v) is 9.91. The Bertz CT molecular complexity index is 934. The molecule has 0 saturated carbocycles. The van der Waals surface area contributed by atoms with Crippen molar-refractivity contribution in [3.8, 4) is 22.7 Å². The predicted molar refractivity (Wildman–Crippen MR) is 112 cm³/mol. The van der Waals surface area contributed by atoms with E-state index in [1.54, 1.807) is 30.0 Å². The van der Waals surface area contributed by atoms with Crippen LogP contribution in [0.1, 0.15) is 43.1 Å². The molecule has 29 heavy (non-hydrogen) atoms. The third kappa shape index (κ3) is 5.22. The van der Waals surface area contributed by atoms with Crippen molar-refractivity contribution in [3.63, 3.8) is 0 Å². The fourth-order valence-electron chi connectivity index (χ4n) is 3.07. The zero-order valence-corrected chi connectivity index (χ0v) is 16.8. The van der Waals surface area contributed by atoms with E-state index in [4.69, 9.17) is 4.74 Å². The van der Waals surface area contributed by atoms with E-state index in [1.165, 1.54) is 12.1 Å². The van der Waals surface area contributed by atoms with Gasteiger partial charge in [-0.05, 0) is 61.0 Å². The Morgan fingerprint density at radius 3 is 2.45 bits per heavy atom. The third-order valence-electron chi connectivity index (χ3n) is 4.71. The number of carbonyl (C=O) groups is 1. The number of aromatic nitrogens is 2. The number of unbranched alkanes of at least 4 members (excludes halogenated alkanes) is 3. The molecule has 0 radical (unpaired) electrons. The third-order valence-corrected chi connectivity index (χ3v) is 4.71. The maximum atomic E-state index is 13.3. The van der Waals surface area contributed by atoms with Crippen molar-refractivity contribution in [3.05, 3.63) is 66.1 Å². The van der Waals surface area contributed by atoms with Gasteiger partial charge in [0, 0.05) is 12.1 Å². The number of ether oxygens (including phenoxy) is 1. The Morgan fingerprint density at radius 2 is 1.79 bits per heavy atom. The average Bonchev–Trinajstić information content (AvgIpc) is 3.19. The second-order valence-electron chi connectivity index (χ2n) is 6.85. The molecule has 0 aliphatic heterocycles. The van der Waals surface area contributed by atoms with Crippen LogP contribution in [0.15, 0.2) is 54.6 Å². The summed E-state index contributed by atoms with van der Waals surface area (Å²) < 4.78 is 20.1. The summed E-state index contributed by atoms with van der Waals surface area (Å²) in [7, 11) is 1.60. The van der Waals surface area contributed by atoms with Crippen LogP contribution in [0.2, 0.25) is 0 Å². The molecule has 1 aromatic heterocycles. The number of methoxy groups -OCH3 is 1. The summed E-state index contributed by atoms with van der Waals surface area (Å²) in [5.74, 6) is 0.230. The first kappa shape index (κ1) is 20.6. The minimum Gasteiger partial charge on any atom is -0.497 e. The van der Waals surface area contributed by atoms with Gasteiger partial charge < -0.3 is 10.1 Å². The van der Waals surface area contributed by atoms with E-state index < -0.39 is 0 Å². The van der Waals surface area contributed by atoms with Gasteiger partial charge in [-0.2, -0.15) is 5.10 Å². The molecule has 152 valence electrons. The molecule has 0 bridgehead atoms. The van der Waals surface area contributed by atoms with Crippen molar-refractivity contribution in [1.29, 1.82) is 0 Å². The second kappa shape index (κ2) is 9.87. The predicted octanol–water partition coefficient (Wildman–Crippen LogP) is 5.00. The molecule has 0 saturated heterocycles. The molecule has 5 nitrogen and oxygen atoms in total. The summed E-state index contributed by atoms with van der Waals surface area (Å²) in [5, 5.41) is 7.59. The highest BCUT2D eigenvalue weighted by molar-refractivity contribution is 5.94. The quantitative estimate of drug-likeness (QED) is 0.519. The summed E-state index contributed by atoms with van der Waals surface area (Å²) in [4.78, 5) is 12.8. The van der Waals surface area contributed by atoms with Gasteiger partial charge in [-0.1, -0.05) is 26.2 Å². The van der Waals surface area contributed by atoms with Crippen LogP contribution < -0.4 is 10.1 Å². The van der Waals surface area contributed by atoms with Gasteiger partial charge in [-0.15, -0.1) is 0 Å². The number of carbonyl (C=O) groups excluding carboxylic acids is 1. The van der Waals surface area contributed by atoms with Crippen LogP contribution in [0.25, 0.3) is 16.9 Å². The van der Waals surface area contributed by atoms with Crippen molar-refractivity contribution < 1.29 is 13.9 Å². The highest BCUT2D eigenvalue weighted by Gasteiger charge is 2.17. The smallest absolute Gasteiger partial charge is 0.270 e. The molecule has 0 spiro atoms. The van der Waals surface area contributed by atoms with Crippen LogP contribution in [0.4, 0.5) is 4.39 Å². The van der Waals surface area contributed by atoms with E-state index in [1.807, 2.05) is 24.3 Å². The number of nitrogens with zero attached hydrogens (tertiary/aromatic N) is 2. The number of rotatable bonds is 9. The first-order chi connectivity index (χ1) is 14.1. The largest absolute Gasteiger partial charge is 0.497 e. The molecular formula is C23H26FN3O2. The molecule has 2 aromatic carbocycles. The lowest BCUT2D eigenvalue weighted by molar-refractivity contribution is 0.0945. The number of hydrogen-bond donors (Lipinski definition) is 1. The standard InChI is InChI=1S/C23H26FN3O2/c1-3-4-5-6-15-25-23(28)22-16-21(17-7-9-18(24)10-8-17)26-27(22)19-11-13-20(29-2)14-12-19/h7-14,16H,3-6,15H2,1-2H3,(H,25,28). The van der Waals surface area contributed by atoms with Gasteiger partial charge in [0.1, 0.15) is 17.3 Å². The molecule has 0 fully saturated rings. The molecule has 1 heterocycles. The summed E-state index contributed by atoms with van der Waals surface area (Å²) in [5.41, 5.74) is 2.54. The average molecular weight is 395 g/mol. The summed E-state index contributed by atoms with van der Waals surface area (Å²) in [6.45, 7) is 2.78. The Hall–Kier alpha value is -3.15. The first-order valence-electron chi connectivity index (χ1n) is 9.91. The Kier molecular flexibility index (Phi) is 7.00. The monoisotopic (exact) mass is 395 g/mol. The maximum Gasteiger partial charge on any atom is 0.270 e. The van der Waals surface area contributed by atoms with Crippen molar-refractivity contribution in [2.75, 3.05) is 13.7 Å². The zero-order chi connectivity index (χ0) is 20.6. The fourth-order valence-corrected chi connectivity index (χ4v) is 3.07. The van der Waals surface area contributed by atoms with Crippen LogP contribution >= 0.6 is 0 Å². The highest BCUT2D eigenvalue weighted by atomic mass is 19.1. The lowest BCUT2D eigenvalue weighted by Gasteiger charge is -2.09. The van der Waals surface area contributed by atoms with Crippen molar-refractivity contribution >= 4 is 5.91 Å². The Morgan fingerprint density at radius 1 is 1.07 bits per heavy atom. The lowest BCUT2D eigenvalue weighted by atomic mass is 10.1. The van der Waals surface area contributed by atoms with E-state index in [0.717, 1.165) is 42.7 Å². The number of amides is 1. The minimum absolute atomic E-state index is 0.182. The minimum atomic E-state index is -0.312. The van der Waals surface area contributed by atoms with E-state index in [0.29, 0.717) is 17.9 Å². The van der Waals surface area contributed by atoms with Crippen molar-refractivity contribution in [2.45, 2.75) is 32.6 Å². The summed E-state index contributed by atoms with van der Waals surface area (Å²) in [6.07, 6.45) is 4.35. The van der Waals surface area contributed by atoms with E-state index in [9.17, 15) is 9.18 Å². The molecular weight excluding hydrogens is 369 g/mol. The summed E-state index contributed by atoms with van der Waals surface area (Å²) in [6, 6.07) is 15.1. The zero-order valence-electron chi connectivity index (χ0n) is 16.8. The van der Waals surface area contributed by atoms with Gasteiger partial charge in [0.05, 0.1) is 18.5 Å². The normalized spacial score (nSPS) is 10.7.